The van der Waals surface area contributed by atoms with Crippen molar-refractivity contribution in [3.63, 3.8) is 0 Å². The quantitative estimate of drug-likeness (QED) is 0.400. The van der Waals surface area contributed by atoms with Crippen LogP contribution in [0.5, 0.6) is 5.75 Å². The highest BCUT2D eigenvalue weighted by Gasteiger charge is 2.20. The third kappa shape index (κ3) is 5.95. The molecule has 4 nitrogen and oxygen atoms in total. The zero-order valence-corrected chi connectivity index (χ0v) is 17.3. The van der Waals surface area contributed by atoms with Gasteiger partial charge in [-0.05, 0) is 61.6 Å². The first kappa shape index (κ1) is 21.7. The van der Waals surface area contributed by atoms with Gasteiger partial charge < -0.3 is 9.47 Å². The summed E-state index contributed by atoms with van der Waals surface area (Å²) in [5.74, 6) is -0.239. The van der Waals surface area contributed by atoms with E-state index in [1.165, 1.54) is 0 Å². The molecule has 1 unspecified atom stereocenters. The third-order valence-corrected chi connectivity index (χ3v) is 5.05. The lowest BCUT2D eigenvalue weighted by atomic mass is 10.0. The van der Waals surface area contributed by atoms with E-state index in [9.17, 15) is 9.59 Å². The fraction of sp³-hybridized carbons (Fsp3) is 0.417. The molecule has 0 radical (unpaired) electrons. The topological polar surface area (TPSA) is 52.6 Å². The third-order valence-electron chi connectivity index (χ3n) is 5.05. The fourth-order valence-electron chi connectivity index (χ4n) is 2.95. The minimum atomic E-state index is -0.561. The summed E-state index contributed by atoms with van der Waals surface area (Å²) < 4.78 is 11.0. The van der Waals surface area contributed by atoms with Gasteiger partial charge in [0.05, 0.1) is 17.7 Å². The second-order valence-electron chi connectivity index (χ2n) is 7.20. The molecule has 2 rings (SSSR count). The molecule has 0 aliphatic carbocycles. The van der Waals surface area contributed by atoms with Crippen LogP contribution in [0, 0.1) is 19.8 Å². The van der Waals surface area contributed by atoms with E-state index in [1.807, 2.05) is 26.0 Å². The minimum absolute atomic E-state index is 0.215. The first-order chi connectivity index (χ1) is 13.5. The first-order valence-electron chi connectivity index (χ1n) is 10.0. The van der Waals surface area contributed by atoms with E-state index in [0.717, 1.165) is 36.8 Å². The van der Waals surface area contributed by atoms with E-state index >= 15 is 0 Å². The molecular weight excluding hydrogens is 352 g/mol. The molecule has 28 heavy (non-hydrogen) atoms. The second kappa shape index (κ2) is 10.6. The van der Waals surface area contributed by atoms with Crippen molar-refractivity contribution in [3.8, 4) is 5.75 Å². The van der Waals surface area contributed by atoms with Gasteiger partial charge in [0.25, 0.3) is 0 Å². The molecule has 4 heteroatoms. The SMILES string of the molecule is CCCCC(CC)COC(=O)c1ccccc1C(=O)Oc1ccc(C)c(C)c1. The maximum absolute atomic E-state index is 12.6. The Labute approximate surface area is 167 Å². The molecule has 0 aliphatic heterocycles. The molecule has 0 N–H and O–H groups in total. The van der Waals surface area contributed by atoms with Gasteiger partial charge in [0, 0.05) is 0 Å². The van der Waals surface area contributed by atoms with Gasteiger partial charge in [-0.15, -0.1) is 0 Å². The Morgan fingerprint density at radius 2 is 1.61 bits per heavy atom. The zero-order valence-electron chi connectivity index (χ0n) is 17.3. The molecule has 0 bridgehead atoms. The van der Waals surface area contributed by atoms with Gasteiger partial charge in [-0.1, -0.05) is 51.3 Å². The molecular formula is C24H30O4. The van der Waals surface area contributed by atoms with Crippen LogP contribution in [0.15, 0.2) is 42.5 Å². The summed E-state index contributed by atoms with van der Waals surface area (Å²) in [7, 11) is 0. The summed E-state index contributed by atoms with van der Waals surface area (Å²) in [6, 6.07) is 12.1. The molecule has 0 aliphatic rings. The molecule has 2 aromatic carbocycles. The summed E-state index contributed by atoms with van der Waals surface area (Å²) in [5, 5.41) is 0. The number of hydrogen-bond acceptors (Lipinski definition) is 4. The van der Waals surface area contributed by atoms with Crippen molar-refractivity contribution in [2.45, 2.75) is 53.4 Å². The van der Waals surface area contributed by atoms with E-state index < -0.39 is 11.9 Å². The zero-order chi connectivity index (χ0) is 20.5. The lowest BCUT2D eigenvalue weighted by molar-refractivity contribution is 0.0422. The molecule has 0 saturated carbocycles. The van der Waals surface area contributed by atoms with Crippen molar-refractivity contribution in [1.82, 2.24) is 0 Å². The standard InChI is InChI=1S/C24H30O4/c1-5-7-10-19(6-2)16-27-23(25)21-11-8-9-12-22(21)24(26)28-20-14-13-17(3)18(4)15-20/h8-9,11-15,19H,5-7,10,16H2,1-4H3. The largest absolute Gasteiger partial charge is 0.462 e. The van der Waals surface area contributed by atoms with Crippen LogP contribution >= 0.6 is 0 Å². The van der Waals surface area contributed by atoms with Gasteiger partial charge in [0.15, 0.2) is 0 Å². The van der Waals surface area contributed by atoms with Crippen LogP contribution in [0.1, 0.15) is 71.4 Å². The Morgan fingerprint density at radius 1 is 0.929 bits per heavy atom. The Kier molecular flexibility index (Phi) is 8.24. The van der Waals surface area contributed by atoms with Crippen LogP contribution in [-0.4, -0.2) is 18.5 Å². The maximum atomic E-state index is 12.6. The number of hydrogen-bond donors (Lipinski definition) is 0. The number of esters is 2. The maximum Gasteiger partial charge on any atom is 0.344 e. The Balaban J connectivity index is 2.09. The number of benzene rings is 2. The summed E-state index contributed by atoms with van der Waals surface area (Å²) in [6.07, 6.45) is 4.24. The second-order valence-corrected chi connectivity index (χ2v) is 7.20. The van der Waals surface area contributed by atoms with Gasteiger partial charge in [-0.25, -0.2) is 9.59 Å². The van der Waals surface area contributed by atoms with Gasteiger partial charge in [-0.3, -0.25) is 0 Å². The molecule has 0 fully saturated rings. The van der Waals surface area contributed by atoms with E-state index in [2.05, 4.69) is 13.8 Å². The minimum Gasteiger partial charge on any atom is -0.462 e. The van der Waals surface area contributed by atoms with Crippen LogP contribution in [0.2, 0.25) is 0 Å². The number of carbonyl (C=O) groups is 2. The van der Waals surface area contributed by atoms with Crippen LogP contribution in [0.25, 0.3) is 0 Å². The van der Waals surface area contributed by atoms with Gasteiger partial charge in [0.2, 0.25) is 0 Å². The molecule has 0 saturated heterocycles. The number of rotatable bonds is 9. The van der Waals surface area contributed by atoms with Gasteiger partial charge >= 0.3 is 11.9 Å². The van der Waals surface area contributed by atoms with E-state index in [-0.39, 0.29) is 11.1 Å². The molecule has 1 atom stereocenters. The highest BCUT2D eigenvalue weighted by molar-refractivity contribution is 6.03. The molecule has 0 aromatic heterocycles. The monoisotopic (exact) mass is 382 g/mol. The van der Waals surface area contributed by atoms with E-state index in [4.69, 9.17) is 9.47 Å². The summed E-state index contributed by atoms with van der Waals surface area (Å²) in [5.41, 5.74) is 2.61. The van der Waals surface area contributed by atoms with Gasteiger partial charge in [0.1, 0.15) is 5.75 Å². The predicted molar refractivity (Wildman–Crippen MR) is 111 cm³/mol. The molecule has 0 spiro atoms. The average molecular weight is 383 g/mol. The summed E-state index contributed by atoms with van der Waals surface area (Å²) in [6.45, 7) is 8.58. The van der Waals surface area contributed by atoms with Crippen LogP contribution in [0.3, 0.4) is 0 Å². The average Bonchev–Trinajstić information content (AvgIpc) is 2.70. The van der Waals surface area contributed by atoms with Crippen molar-refractivity contribution >= 4 is 11.9 Å². The lowest BCUT2D eigenvalue weighted by Gasteiger charge is -2.15. The van der Waals surface area contributed by atoms with Crippen LogP contribution in [-0.2, 0) is 4.74 Å². The van der Waals surface area contributed by atoms with Crippen molar-refractivity contribution < 1.29 is 19.1 Å². The van der Waals surface area contributed by atoms with Gasteiger partial charge in [-0.2, -0.15) is 0 Å². The highest BCUT2D eigenvalue weighted by Crippen LogP contribution is 2.20. The van der Waals surface area contributed by atoms with Crippen LogP contribution < -0.4 is 4.74 Å². The predicted octanol–water partition coefficient (Wildman–Crippen LogP) is 5.90. The molecule has 150 valence electrons. The number of carbonyl (C=O) groups excluding carboxylic acids is 2. The first-order valence-corrected chi connectivity index (χ1v) is 10.0. The van der Waals surface area contributed by atoms with Crippen molar-refractivity contribution in [1.29, 1.82) is 0 Å². The number of unbranched alkanes of at least 4 members (excludes halogenated alkanes) is 1. The smallest absolute Gasteiger partial charge is 0.344 e. The Hall–Kier alpha value is -2.62. The Morgan fingerprint density at radius 3 is 2.21 bits per heavy atom. The van der Waals surface area contributed by atoms with E-state index in [1.54, 1.807) is 30.3 Å². The summed E-state index contributed by atoms with van der Waals surface area (Å²) in [4.78, 5) is 25.2. The molecule has 0 amide bonds. The van der Waals surface area contributed by atoms with Crippen molar-refractivity contribution in [3.05, 3.63) is 64.7 Å². The Bertz CT molecular complexity index is 810. The highest BCUT2D eigenvalue weighted by atomic mass is 16.5. The van der Waals surface area contributed by atoms with E-state index in [0.29, 0.717) is 18.3 Å². The van der Waals surface area contributed by atoms with Crippen molar-refractivity contribution in [2.75, 3.05) is 6.61 Å². The fourth-order valence-corrected chi connectivity index (χ4v) is 2.95. The number of aryl methyl sites for hydroxylation is 2. The number of ether oxygens (including phenoxy) is 2. The lowest BCUT2D eigenvalue weighted by Crippen LogP contribution is -2.18. The van der Waals surface area contributed by atoms with Crippen LogP contribution in [0.4, 0.5) is 0 Å². The summed E-state index contributed by atoms with van der Waals surface area (Å²) >= 11 is 0. The van der Waals surface area contributed by atoms with Crippen molar-refractivity contribution in [2.24, 2.45) is 5.92 Å². The molecule has 2 aromatic rings. The molecule has 0 heterocycles. The normalized spacial score (nSPS) is 11.7.